The van der Waals surface area contributed by atoms with Crippen molar-refractivity contribution in [3.05, 3.63) is 22.1 Å². The van der Waals surface area contributed by atoms with Gasteiger partial charge in [0.15, 0.2) is 10.4 Å². The molecule has 1 amide bonds. The fourth-order valence-electron chi connectivity index (χ4n) is 1.33. The van der Waals surface area contributed by atoms with E-state index in [1.54, 1.807) is 13.0 Å². The van der Waals surface area contributed by atoms with Crippen LogP contribution in [-0.4, -0.2) is 36.8 Å². The normalized spacial score (nSPS) is 11.2. The first-order valence-electron chi connectivity index (χ1n) is 5.08. The molecule has 0 aliphatic carbocycles. The molecule has 0 aromatic carbocycles. The number of furan rings is 1. The third-order valence-corrected chi connectivity index (χ3v) is 2.53. The van der Waals surface area contributed by atoms with Gasteiger partial charge in [-0.2, -0.15) is 5.10 Å². The van der Waals surface area contributed by atoms with E-state index in [0.717, 1.165) is 10.6 Å². The Morgan fingerprint density at radius 2 is 2.33 bits per heavy atom. The second kappa shape index (κ2) is 6.34. The van der Waals surface area contributed by atoms with Crippen molar-refractivity contribution in [1.82, 2.24) is 5.01 Å². The Morgan fingerprint density at radius 3 is 2.78 bits per heavy atom. The van der Waals surface area contributed by atoms with Crippen molar-refractivity contribution in [1.29, 1.82) is 0 Å². The highest BCUT2D eigenvalue weighted by Crippen LogP contribution is 2.20. The number of aryl methyl sites for hydroxylation is 1. The third-order valence-electron chi connectivity index (χ3n) is 2.14. The van der Waals surface area contributed by atoms with E-state index in [-0.39, 0.29) is 6.54 Å². The molecular formula is C11H13BrN2O4. The van der Waals surface area contributed by atoms with Crippen LogP contribution in [0.15, 0.2) is 20.3 Å². The van der Waals surface area contributed by atoms with Crippen molar-refractivity contribution in [3.63, 3.8) is 0 Å². The van der Waals surface area contributed by atoms with Gasteiger partial charge in [-0.15, -0.1) is 0 Å². The number of amides is 1. The van der Waals surface area contributed by atoms with E-state index in [0.29, 0.717) is 22.6 Å². The summed E-state index contributed by atoms with van der Waals surface area (Å²) in [6.45, 7) is 3.30. The molecule has 0 aliphatic rings. The predicted molar refractivity (Wildman–Crippen MR) is 68.1 cm³/mol. The summed E-state index contributed by atoms with van der Waals surface area (Å²) in [7, 11) is 1.25. The molecule has 0 aliphatic heterocycles. The van der Waals surface area contributed by atoms with Crippen LogP contribution in [0.4, 0.5) is 0 Å². The van der Waals surface area contributed by atoms with Gasteiger partial charge in [0.2, 0.25) is 6.41 Å². The molecular weight excluding hydrogens is 304 g/mol. The van der Waals surface area contributed by atoms with Gasteiger partial charge in [0.05, 0.1) is 7.11 Å². The van der Waals surface area contributed by atoms with E-state index in [4.69, 9.17) is 4.42 Å². The number of carbonyl (C=O) groups is 2. The van der Waals surface area contributed by atoms with Crippen molar-refractivity contribution in [3.8, 4) is 0 Å². The summed E-state index contributed by atoms with van der Waals surface area (Å²) in [6.07, 6.45) is 0.452. The van der Waals surface area contributed by atoms with Crippen molar-refractivity contribution in [2.45, 2.75) is 13.8 Å². The molecule has 6 nitrogen and oxygen atoms in total. The van der Waals surface area contributed by atoms with Crippen LogP contribution in [0, 0.1) is 6.92 Å². The summed E-state index contributed by atoms with van der Waals surface area (Å²) in [6, 6.07) is 1.79. The molecule has 98 valence electrons. The Bertz CT molecular complexity index is 481. The van der Waals surface area contributed by atoms with Gasteiger partial charge in [0.25, 0.3) is 0 Å². The molecule has 0 spiro atoms. The molecule has 0 radical (unpaired) electrons. The first kappa shape index (κ1) is 14.4. The molecule has 1 aromatic heterocycles. The van der Waals surface area contributed by atoms with Crippen molar-refractivity contribution in [2.24, 2.45) is 5.10 Å². The van der Waals surface area contributed by atoms with E-state index in [9.17, 15) is 9.59 Å². The van der Waals surface area contributed by atoms with Crippen LogP contribution in [0.25, 0.3) is 0 Å². The van der Waals surface area contributed by atoms with Gasteiger partial charge in [-0.05, 0) is 41.4 Å². The zero-order chi connectivity index (χ0) is 13.7. The van der Waals surface area contributed by atoms with Gasteiger partial charge in [-0.25, -0.2) is 5.01 Å². The maximum atomic E-state index is 11.0. The van der Waals surface area contributed by atoms with Crippen LogP contribution in [-0.2, 0) is 14.3 Å². The van der Waals surface area contributed by atoms with Gasteiger partial charge in [0.1, 0.15) is 12.3 Å². The van der Waals surface area contributed by atoms with E-state index in [1.807, 2.05) is 6.92 Å². The highest BCUT2D eigenvalue weighted by molar-refractivity contribution is 9.10. The number of hydrogen-bond donors (Lipinski definition) is 0. The largest absolute Gasteiger partial charge is 0.468 e. The number of esters is 1. The standard InChI is InChI=1S/C11H13BrN2O4/c1-7-4-9(12)18-11(7)8(2)13-14(6-15)5-10(16)17-3/h4,6H,5H2,1-3H3/b13-8-. The minimum atomic E-state index is -0.545. The van der Waals surface area contributed by atoms with E-state index in [1.165, 1.54) is 7.11 Å². The fraction of sp³-hybridized carbons (Fsp3) is 0.364. The summed E-state index contributed by atoms with van der Waals surface area (Å²) in [5.41, 5.74) is 1.38. The van der Waals surface area contributed by atoms with Crippen molar-refractivity contribution >= 4 is 34.0 Å². The number of carbonyl (C=O) groups excluding carboxylic acids is 2. The Balaban J connectivity index is 2.89. The summed E-state index contributed by atoms with van der Waals surface area (Å²) in [4.78, 5) is 21.8. The maximum absolute atomic E-state index is 11.0. The number of hydrazone groups is 1. The minimum Gasteiger partial charge on any atom is -0.468 e. The van der Waals surface area contributed by atoms with E-state index >= 15 is 0 Å². The molecule has 7 heteroatoms. The van der Waals surface area contributed by atoms with Crippen LogP contribution >= 0.6 is 15.9 Å². The Kier molecular flexibility index (Phi) is 5.08. The third kappa shape index (κ3) is 3.69. The molecule has 1 aromatic rings. The molecule has 0 saturated heterocycles. The lowest BCUT2D eigenvalue weighted by atomic mass is 10.2. The van der Waals surface area contributed by atoms with Crippen LogP contribution < -0.4 is 0 Å². The molecule has 18 heavy (non-hydrogen) atoms. The monoisotopic (exact) mass is 316 g/mol. The molecule has 0 unspecified atom stereocenters. The lowest BCUT2D eigenvalue weighted by molar-refractivity contribution is -0.144. The number of ether oxygens (including phenoxy) is 1. The van der Waals surface area contributed by atoms with Crippen LogP contribution in [0.2, 0.25) is 0 Å². The first-order valence-corrected chi connectivity index (χ1v) is 5.87. The maximum Gasteiger partial charge on any atom is 0.327 e. The Morgan fingerprint density at radius 1 is 1.67 bits per heavy atom. The zero-order valence-corrected chi connectivity index (χ0v) is 11.9. The summed E-state index contributed by atoms with van der Waals surface area (Å²) >= 11 is 3.21. The van der Waals surface area contributed by atoms with Gasteiger partial charge in [-0.1, -0.05) is 0 Å². The fourth-order valence-corrected chi connectivity index (χ4v) is 1.84. The molecule has 0 N–H and O–H groups in total. The van der Waals surface area contributed by atoms with Gasteiger partial charge < -0.3 is 9.15 Å². The number of halogens is 1. The van der Waals surface area contributed by atoms with E-state index < -0.39 is 5.97 Å². The average molecular weight is 317 g/mol. The van der Waals surface area contributed by atoms with Gasteiger partial charge in [0, 0.05) is 0 Å². The summed E-state index contributed by atoms with van der Waals surface area (Å²) < 4.78 is 10.4. The second-order valence-corrected chi connectivity index (χ2v) is 4.31. The van der Waals surface area contributed by atoms with Crippen LogP contribution in [0.3, 0.4) is 0 Å². The Labute approximate surface area is 113 Å². The molecule has 0 atom stereocenters. The first-order chi connectivity index (χ1) is 8.47. The molecule has 0 saturated carbocycles. The predicted octanol–water partition coefficient (Wildman–Crippen LogP) is 1.71. The number of nitrogens with zero attached hydrogens (tertiary/aromatic N) is 2. The van der Waals surface area contributed by atoms with Gasteiger partial charge in [-0.3, -0.25) is 9.59 Å². The summed E-state index contributed by atoms with van der Waals surface area (Å²) in [5.74, 6) is 0.00888. The summed E-state index contributed by atoms with van der Waals surface area (Å²) in [5, 5.41) is 4.95. The highest BCUT2D eigenvalue weighted by Gasteiger charge is 2.12. The molecule has 1 heterocycles. The van der Waals surface area contributed by atoms with Crippen LogP contribution in [0.1, 0.15) is 18.2 Å². The molecule has 1 rings (SSSR count). The second-order valence-electron chi connectivity index (χ2n) is 3.53. The van der Waals surface area contributed by atoms with E-state index in [2.05, 4.69) is 25.8 Å². The minimum absolute atomic E-state index is 0.238. The lowest BCUT2D eigenvalue weighted by Crippen LogP contribution is -2.26. The average Bonchev–Trinajstić information content (AvgIpc) is 2.67. The topological polar surface area (TPSA) is 72.1 Å². The number of hydrogen-bond acceptors (Lipinski definition) is 5. The number of methoxy groups -OCH3 is 1. The smallest absolute Gasteiger partial charge is 0.327 e. The number of rotatable bonds is 5. The zero-order valence-electron chi connectivity index (χ0n) is 10.3. The van der Waals surface area contributed by atoms with Gasteiger partial charge >= 0.3 is 5.97 Å². The SMILES string of the molecule is COC(=O)CN(C=O)/N=C(/C)c1oc(Br)cc1C. The van der Waals surface area contributed by atoms with Crippen LogP contribution in [0.5, 0.6) is 0 Å². The van der Waals surface area contributed by atoms with Crippen molar-refractivity contribution in [2.75, 3.05) is 13.7 Å². The molecule has 0 bridgehead atoms. The molecule has 0 fully saturated rings. The quantitative estimate of drug-likeness (QED) is 0.359. The lowest BCUT2D eigenvalue weighted by Gasteiger charge is -2.10. The van der Waals surface area contributed by atoms with Crippen molar-refractivity contribution < 1.29 is 18.7 Å². The Hall–Kier alpha value is -1.63. The highest BCUT2D eigenvalue weighted by atomic mass is 79.9.